The van der Waals surface area contributed by atoms with Gasteiger partial charge in [-0.25, -0.2) is 0 Å². The molecule has 0 aliphatic carbocycles. The Balaban J connectivity index is 1.51. The van der Waals surface area contributed by atoms with Crippen LogP contribution in [0.15, 0.2) is 75.2 Å². The molecule has 0 atom stereocenters. The van der Waals surface area contributed by atoms with Gasteiger partial charge in [0.05, 0.1) is 24.2 Å². The fourth-order valence-corrected chi connectivity index (χ4v) is 3.30. The van der Waals surface area contributed by atoms with Crippen LogP contribution in [0, 0.1) is 0 Å². The molecule has 0 aliphatic rings. The van der Waals surface area contributed by atoms with E-state index in [-0.39, 0.29) is 0 Å². The lowest BCUT2D eigenvalue weighted by Gasteiger charge is -2.19. The molecule has 0 saturated carbocycles. The van der Waals surface area contributed by atoms with Crippen LogP contribution in [0.3, 0.4) is 0 Å². The maximum atomic E-state index is 5.50. The normalized spacial score (nSPS) is 11.2. The van der Waals surface area contributed by atoms with Crippen molar-refractivity contribution >= 4 is 11.3 Å². The molecular weight excluding hydrogens is 334 g/mol. The van der Waals surface area contributed by atoms with Crippen molar-refractivity contribution in [2.24, 2.45) is 0 Å². The molecule has 25 heavy (non-hydrogen) atoms. The van der Waals surface area contributed by atoms with E-state index in [4.69, 9.17) is 8.94 Å². The maximum absolute atomic E-state index is 5.50. The summed E-state index contributed by atoms with van der Waals surface area (Å²) >= 11 is 1.60. The number of rotatable bonds is 7. The van der Waals surface area contributed by atoms with Crippen LogP contribution in [0.25, 0.3) is 10.7 Å². The van der Waals surface area contributed by atoms with Gasteiger partial charge in [0.15, 0.2) is 0 Å². The van der Waals surface area contributed by atoms with Gasteiger partial charge in [-0.15, -0.1) is 11.3 Å². The van der Waals surface area contributed by atoms with Crippen LogP contribution in [-0.4, -0.2) is 15.0 Å². The molecular formula is C19H17N3O2S. The maximum Gasteiger partial charge on any atom is 0.241 e. The molecule has 3 heterocycles. The van der Waals surface area contributed by atoms with E-state index in [9.17, 15) is 0 Å². The Kier molecular flexibility index (Phi) is 4.72. The molecule has 0 spiro atoms. The third kappa shape index (κ3) is 4.04. The summed E-state index contributed by atoms with van der Waals surface area (Å²) in [6, 6.07) is 18.2. The van der Waals surface area contributed by atoms with Gasteiger partial charge in [-0.1, -0.05) is 41.6 Å². The first-order valence-electron chi connectivity index (χ1n) is 8.02. The van der Waals surface area contributed by atoms with Gasteiger partial charge >= 0.3 is 0 Å². The summed E-state index contributed by atoms with van der Waals surface area (Å²) in [5.74, 6) is 2.16. The zero-order valence-corrected chi connectivity index (χ0v) is 14.4. The quantitative estimate of drug-likeness (QED) is 0.487. The molecule has 4 rings (SSSR count). The van der Waals surface area contributed by atoms with Crippen molar-refractivity contribution < 1.29 is 8.94 Å². The zero-order chi connectivity index (χ0) is 16.9. The number of furan rings is 1. The summed E-state index contributed by atoms with van der Waals surface area (Å²) in [5, 5.41) is 6.09. The van der Waals surface area contributed by atoms with Crippen molar-refractivity contribution in [1.29, 1.82) is 0 Å². The largest absolute Gasteiger partial charge is 0.468 e. The molecule has 1 aromatic carbocycles. The monoisotopic (exact) mass is 351 g/mol. The fourth-order valence-electron chi connectivity index (χ4n) is 2.65. The van der Waals surface area contributed by atoms with Gasteiger partial charge in [0, 0.05) is 6.54 Å². The highest BCUT2D eigenvalue weighted by molar-refractivity contribution is 7.13. The van der Waals surface area contributed by atoms with Crippen LogP contribution in [0.2, 0.25) is 0 Å². The number of hydrogen-bond acceptors (Lipinski definition) is 6. The predicted molar refractivity (Wildman–Crippen MR) is 95.7 cm³/mol. The zero-order valence-electron chi connectivity index (χ0n) is 13.5. The first-order chi connectivity index (χ1) is 12.4. The molecule has 4 aromatic rings. The first kappa shape index (κ1) is 15.8. The van der Waals surface area contributed by atoms with Gasteiger partial charge in [0.25, 0.3) is 0 Å². The molecule has 0 saturated heterocycles. The fraction of sp³-hybridized carbons (Fsp3) is 0.158. The molecule has 0 aliphatic heterocycles. The van der Waals surface area contributed by atoms with Crippen molar-refractivity contribution in [2.75, 3.05) is 0 Å². The highest BCUT2D eigenvalue weighted by Crippen LogP contribution is 2.22. The third-order valence-corrected chi connectivity index (χ3v) is 4.64. The van der Waals surface area contributed by atoms with E-state index in [2.05, 4.69) is 27.2 Å². The molecule has 0 fully saturated rings. The van der Waals surface area contributed by atoms with E-state index < -0.39 is 0 Å². The minimum absolute atomic E-state index is 0.563. The van der Waals surface area contributed by atoms with Gasteiger partial charge in [-0.3, -0.25) is 4.90 Å². The molecule has 0 radical (unpaired) electrons. The first-order valence-corrected chi connectivity index (χ1v) is 8.90. The van der Waals surface area contributed by atoms with Crippen molar-refractivity contribution in [2.45, 2.75) is 19.6 Å². The lowest BCUT2D eigenvalue weighted by atomic mass is 10.2. The second-order valence-corrected chi connectivity index (χ2v) is 6.65. The molecule has 6 heteroatoms. The lowest BCUT2D eigenvalue weighted by molar-refractivity contribution is 0.196. The number of hydrogen-bond donors (Lipinski definition) is 0. The average molecular weight is 351 g/mol. The summed E-state index contributed by atoms with van der Waals surface area (Å²) in [6.45, 7) is 2.02. The van der Waals surface area contributed by atoms with E-state index >= 15 is 0 Å². The van der Waals surface area contributed by atoms with Gasteiger partial charge < -0.3 is 8.94 Å². The Labute approximate surface area is 149 Å². The molecule has 0 N–H and O–H groups in total. The third-order valence-electron chi connectivity index (χ3n) is 3.78. The van der Waals surface area contributed by atoms with Crippen molar-refractivity contribution in [3.8, 4) is 10.7 Å². The van der Waals surface area contributed by atoms with Crippen LogP contribution in [0.1, 0.15) is 17.2 Å². The average Bonchev–Trinajstić information content (AvgIpc) is 3.38. The number of aromatic nitrogens is 2. The Bertz CT molecular complexity index is 886. The van der Waals surface area contributed by atoms with E-state index in [1.807, 2.05) is 47.8 Å². The van der Waals surface area contributed by atoms with Crippen molar-refractivity contribution in [3.63, 3.8) is 0 Å². The number of benzene rings is 1. The predicted octanol–water partition coefficient (Wildman–Crippen LogP) is 4.59. The highest BCUT2D eigenvalue weighted by Gasteiger charge is 2.15. The minimum atomic E-state index is 0.563. The second kappa shape index (κ2) is 7.46. The molecule has 0 unspecified atom stereocenters. The number of nitrogens with zero attached hydrogens (tertiary/aromatic N) is 3. The standard InChI is InChI=1S/C19H17N3O2S/c1-2-6-15(7-3-1)12-22(13-16-8-4-10-23-16)14-18-20-19(21-24-18)17-9-5-11-25-17/h1-11H,12-14H2. The van der Waals surface area contributed by atoms with Gasteiger partial charge in [-0.2, -0.15) is 4.98 Å². The summed E-state index contributed by atoms with van der Waals surface area (Å²) in [6.07, 6.45) is 1.69. The second-order valence-electron chi connectivity index (χ2n) is 5.70. The van der Waals surface area contributed by atoms with E-state index in [1.54, 1.807) is 17.6 Å². The smallest absolute Gasteiger partial charge is 0.241 e. The molecule has 3 aromatic heterocycles. The molecule has 0 amide bonds. The van der Waals surface area contributed by atoms with E-state index in [0.29, 0.717) is 24.8 Å². The van der Waals surface area contributed by atoms with Crippen LogP contribution < -0.4 is 0 Å². The minimum Gasteiger partial charge on any atom is -0.468 e. The van der Waals surface area contributed by atoms with Crippen molar-refractivity contribution in [1.82, 2.24) is 15.0 Å². The summed E-state index contributed by atoms with van der Waals surface area (Å²) < 4.78 is 10.9. The molecule has 126 valence electrons. The van der Waals surface area contributed by atoms with Crippen LogP contribution in [-0.2, 0) is 19.6 Å². The Morgan fingerprint density at radius 1 is 0.920 bits per heavy atom. The van der Waals surface area contributed by atoms with E-state index in [0.717, 1.165) is 17.2 Å². The van der Waals surface area contributed by atoms with Crippen LogP contribution in [0.4, 0.5) is 0 Å². The lowest BCUT2D eigenvalue weighted by Crippen LogP contribution is -2.22. The van der Waals surface area contributed by atoms with Crippen LogP contribution >= 0.6 is 11.3 Å². The Morgan fingerprint density at radius 3 is 2.60 bits per heavy atom. The topological polar surface area (TPSA) is 55.3 Å². The van der Waals surface area contributed by atoms with Crippen molar-refractivity contribution in [3.05, 3.63) is 83.5 Å². The van der Waals surface area contributed by atoms with Crippen LogP contribution in [0.5, 0.6) is 0 Å². The summed E-state index contributed by atoms with van der Waals surface area (Å²) in [4.78, 5) is 7.76. The van der Waals surface area contributed by atoms with Gasteiger partial charge in [-0.05, 0) is 29.1 Å². The van der Waals surface area contributed by atoms with Gasteiger partial charge in [0.2, 0.25) is 11.7 Å². The van der Waals surface area contributed by atoms with E-state index in [1.165, 1.54) is 5.56 Å². The van der Waals surface area contributed by atoms with Gasteiger partial charge in [0.1, 0.15) is 5.76 Å². The SMILES string of the molecule is c1ccc(CN(Cc2ccco2)Cc2nc(-c3cccs3)no2)cc1. The molecule has 5 nitrogen and oxygen atoms in total. The highest BCUT2D eigenvalue weighted by atomic mass is 32.1. The summed E-state index contributed by atoms with van der Waals surface area (Å²) in [7, 11) is 0. The molecule has 0 bridgehead atoms. The Hall–Kier alpha value is -2.70. The summed E-state index contributed by atoms with van der Waals surface area (Å²) in [5.41, 5.74) is 1.23. The number of thiophene rings is 1. The Morgan fingerprint density at radius 2 is 1.84 bits per heavy atom.